The summed E-state index contributed by atoms with van der Waals surface area (Å²) in [5.74, 6) is -0.859. The highest BCUT2D eigenvalue weighted by Gasteiger charge is 2.08. The van der Waals surface area contributed by atoms with Crippen LogP contribution in [-0.2, 0) is 17.6 Å². The van der Waals surface area contributed by atoms with Crippen LogP contribution < -0.4 is 11.1 Å². The van der Waals surface area contributed by atoms with Crippen molar-refractivity contribution in [3.05, 3.63) is 76.2 Å². The Hall–Kier alpha value is -2.70. The Kier molecular flexibility index (Phi) is 4.74. The summed E-state index contributed by atoms with van der Waals surface area (Å²) in [5.41, 5.74) is 6.75. The number of nitrogen functional groups attached to an aromatic ring is 1. The first-order chi connectivity index (χ1) is 16.8. The van der Waals surface area contributed by atoms with E-state index in [1.807, 2.05) is 0 Å². The summed E-state index contributed by atoms with van der Waals surface area (Å²) in [5, 5.41) is 14.8. The van der Waals surface area contributed by atoms with Crippen molar-refractivity contribution in [3.63, 3.8) is 0 Å². The average Bonchev–Trinajstić information content (AvgIpc) is 3.27. The van der Waals surface area contributed by atoms with Crippen LogP contribution >= 0.6 is 11.3 Å². The van der Waals surface area contributed by atoms with E-state index >= 15 is 0 Å². The molecule has 0 saturated heterocycles. The number of aliphatic hydroxyl groups is 1. The number of thiazole rings is 1. The quantitative estimate of drug-likeness (QED) is 0.443. The maximum atomic E-state index is 12.4. The number of anilines is 2. The van der Waals surface area contributed by atoms with Crippen LogP contribution in [0.4, 0.5) is 10.8 Å². The van der Waals surface area contributed by atoms with E-state index in [1.54, 1.807) is 24.3 Å². The van der Waals surface area contributed by atoms with E-state index in [0.29, 0.717) is 24.9 Å². The van der Waals surface area contributed by atoms with Crippen molar-refractivity contribution in [1.29, 1.82) is 0 Å². The van der Waals surface area contributed by atoms with Crippen molar-refractivity contribution in [1.82, 2.24) is 4.98 Å². The summed E-state index contributed by atoms with van der Waals surface area (Å²) in [4.78, 5) is 16.3. The van der Waals surface area contributed by atoms with Gasteiger partial charge in [0.25, 0.3) is 0 Å². The molecule has 0 aliphatic heterocycles. The van der Waals surface area contributed by atoms with Gasteiger partial charge in [-0.15, -0.1) is 11.3 Å². The molecule has 0 spiro atoms. The molecule has 1 atom stereocenters. The largest absolute Gasteiger partial charge is 0.388 e. The van der Waals surface area contributed by atoms with Gasteiger partial charge < -0.3 is 16.2 Å². The van der Waals surface area contributed by atoms with Crippen LogP contribution in [0.15, 0.2) is 53.8 Å². The second-order valence-corrected chi connectivity index (χ2v) is 7.39. The highest BCUT2D eigenvalue weighted by Crippen LogP contribution is 2.21. The van der Waals surface area contributed by atoms with Gasteiger partial charge in [-0.25, -0.2) is 4.98 Å². The van der Waals surface area contributed by atoms with Gasteiger partial charge in [-0.2, -0.15) is 0 Å². The minimum Gasteiger partial charge on any atom is -0.388 e. The molecule has 29 heavy (non-hydrogen) atoms. The first-order valence-electron chi connectivity index (χ1n) is 12.7. The third-order valence-electron chi connectivity index (χ3n) is 4.14. The minimum atomic E-state index is -2.34. The zero-order chi connectivity index (χ0) is 26.8. The van der Waals surface area contributed by atoms with Crippen LogP contribution in [0.5, 0.6) is 0 Å². The van der Waals surface area contributed by atoms with Crippen molar-refractivity contribution >= 4 is 28.1 Å². The molecule has 0 aliphatic rings. The number of hydrogen-bond acceptors (Lipinski definition) is 5. The molecule has 0 saturated carbocycles. The molecule has 6 heteroatoms. The summed E-state index contributed by atoms with van der Waals surface area (Å²) in [6, 6.07) is 5.51. The third-order valence-corrected chi connectivity index (χ3v) is 4.82. The minimum absolute atomic E-state index is 0.0364. The van der Waals surface area contributed by atoms with Gasteiger partial charge in [0.05, 0.1) is 25.0 Å². The molecule has 0 unspecified atom stereocenters. The molecule has 5 nitrogen and oxygen atoms in total. The number of benzene rings is 2. The van der Waals surface area contributed by atoms with Crippen molar-refractivity contribution in [2.45, 2.75) is 45.1 Å². The summed E-state index contributed by atoms with van der Waals surface area (Å²) in [6.07, 6.45) is -2.95. The number of nitrogens with zero attached hydrogens (tertiary/aromatic N) is 1. The number of nitrogens with two attached hydrogens (primary N) is 1. The van der Waals surface area contributed by atoms with Gasteiger partial charge in [0, 0.05) is 13.8 Å². The Morgan fingerprint density at radius 2 is 2.17 bits per heavy atom. The molecule has 2 aromatic carbocycles. The monoisotopic (exact) mass is 416 g/mol. The Morgan fingerprint density at radius 3 is 2.90 bits per heavy atom. The number of hydrogen-bond donors (Lipinski definition) is 3. The fourth-order valence-electron chi connectivity index (χ4n) is 2.71. The van der Waals surface area contributed by atoms with E-state index in [-0.39, 0.29) is 40.5 Å². The zero-order valence-corrected chi connectivity index (χ0v) is 16.8. The molecule has 0 radical (unpaired) electrons. The number of aryl methyl sites for hydroxylation is 1. The lowest BCUT2D eigenvalue weighted by atomic mass is 10.00. The van der Waals surface area contributed by atoms with E-state index in [0.717, 1.165) is 16.9 Å². The Morgan fingerprint density at radius 1 is 1.38 bits per heavy atom. The van der Waals surface area contributed by atoms with Gasteiger partial charge in [-0.1, -0.05) is 48.3 Å². The predicted molar refractivity (Wildman–Crippen MR) is 119 cm³/mol. The maximum Gasteiger partial charge on any atom is 0.230 e. The lowest BCUT2D eigenvalue weighted by molar-refractivity contribution is -0.115. The van der Waals surface area contributed by atoms with Gasteiger partial charge in [0.2, 0.25) is 5.91 Å². The van der Waals surface area contributed by atoms with Gasteiger partial charge in [-0.05, 0) is 49.4 Å². The van der Waals surface area contributed by atoms with Crippen molar-refractivity contribution in [2.75, 3.05) is 11.1 Å². The van der Waals surface area contributed by atoms with Crippen LogP contribution in [0.2, 0.25) is 0 Å². The van der Waals surface area contributed by atoms with Crippen molar-refractivity contribution in [3.8, 4) is 0 Å². The van der Waals surface area contributed by atoms with E-state index in [2.05, 4.69) is 10.3 Å². The second-order valence-electron chi connectivity index (χ2n) is 6.50. The van der Waals surface area contributed by atoms with Crippen LogP contribution in [0.1, 0.15) is 57.3 Å². The summed E-state index contributed by atoms with van der Waals surface area (Å²) in [6.45, 7) is 1.47. The number of amides is 1. The highest BCUT2D eigenvalue weighted by molar-refractivity contribution is 7.13. The molecule has 3 rings (SSSR count). The molecule has 4 N–H and O–H groups in total. The molecular formula is C23H27N3O2S. The van der Waals surface area contributed by atoms with E-state index in [9.17, 15) is 9.90 Å². The molecule has 1 aromatic heterocycles. The van der Waals surface area contributed by atoms with Crippen LogP contribution in [0.25, 0.3) is 0 Å². The van der Waals surface area contributed by atoms with Gasteiger partial charge in [-0.3, -0.25) is 4.79 Å². The summed E-state index contributed by atoms with van der Waals surface area (Å²) < 4.78 is 56.2. The van der Waals surface area contributed by atoms with Gasteiger partial charge >= 0.3 is 0 Å². The molecule has 0 fully saturated rings. The number of nitrogens with one attached hydrogen (secondary N) is 1. The summed E-state index contributed by atoms with van der Waals surface area (Å²) >= 11 is 1.05. The van der Waals surface area contributed by atoms with Gasteiger partial charge in [0.1, 0.15) is 0 Å². The maximum absolute atomic E-state index is 12.4. The molecule has 0 aliphatic carbocycles. The van der Waals surface area contributed by atoms with E-state index < -0.39 is 30.4 Å². The van der Waals surface area contributed by atoms with E-state index in [4.69, 9.17) is 15.3 Å². The van der Waals surface area contributed by atoms with Crippen LogP contribution in [0.3, 0.4) is 0 Å². The van der Waals surface area contributed by atoms with Crippen LogP contribution in [0, 0.1) is 6.92 Å². The lowest BCUT2D eigenvalue weighted by Gasteiger charge is -2.11. The molecular weight excluding hydrogens is 382 g/mol. The first-order valence-corrected chi connectivity index (χ1v) is 10.1. The normalized spacial score (nSPS) is 17.0. The fourth-order valence-corrected chi connectivity index (χ4v) is 3.20. The smallest absolute Gasteiger partial charge is 0.230 e. The number of unbranched alkanes of at least 4 members (excludes halogenated alkanes) is 1. The number of carbonyl (C=O) groups excluding carboxylic acids is 1. The third kappa shape index (κ3) is 6.69. The zero-order valence-electron chi connectivity index (χ0n) is 23.0. The molecule has 3 aromatic rings. The Labute approximate surface area is 185 Å². The van der Waals surface area contributed by atoms with Gasteiger partial charge in [0.15, 0.2) is 5.13 Å². The number of aromatic nitrogens is 1. The lowest BCUT2D eigenvalue weighted by Crippen LogP contribution is -2.14. The Balaban J connectivity index is 1.56. The fraction of sp³-hybridized carbons (Fsp3) is 0.304. The van der Waals surface area contributed by atoms with Crippen molar-refractivity contribution in [2.24, 2.45) is 0 Å². The Bertz CT molecular complexity index is 1230. The molecule has 1 amide bonds. The molecule has 152 valence electrons. The second kappa shape index (κ2) is 10.2. The topological polar surface area (TPSA) is 88.2 Å². The number of carbonyl (C=O) groups is 1. The SMILES string of the molecule is [2H]c1c([2H])c(C)c([2H])c([C@@]([2H])(O)CCCCc2ccc(NC(=O)C([2H])([2H])c3csc(N)n3)cc2)c1[2H]. The number of rotatable bonds is 9. The van der Waals surface area contributed by atoms with Crippen LogP contribution in [-0.4, -0.2) is 16.0 Å². The highest BCUT2D eigenvalue weighted by atomic mass is 32.1. The van der Waals surface area contributed by atoms with E-state index in [1.165, 1.54) is 12.3 Å². The standard InChI is InChI=1S/C23H27N3O2S/c1-16-5-4-7-18(13-16)21(27)8-3-2-6-17-9-11-19(12-10-17)25-22(28)14-20-15-29-23(24)26-20/h4-5,7,9-13,15,21,27H,2-3,6,8,14H2,1H3,(H2,24,26)(H,25,28)/t21-/m0/s1/i4D,5D,7D,13D,14D2,21D. The first kappa shape index (κ1) is 13.5. The predicted octanol–water partition coefficient (Wildman–Crippen LogP) is 4.66. The molecule has 1 heterocycles. The average molecular weight is 417 g/mol. The molecule has 0 bridgehead atoms. The summed E-state index contributed by atoms with van der Waals surface area (Å²) in [7, 11) is 0. The van der Waals surface area contributed by atoms with Crippen molar-refractivity contribution < 1.29 is 19.5 Å².